The first kappa shape index (κ1) is 15.0. The fourth-order valence-corrected chi connectivity index (χ4v) is 1.71. The molecule has 0 fully saturated rings. The molecule has 0 saturated carbocycles. The molecule has 3 nitrogen and oxygen atoms in total. The SMILES string of the molecule is CC(CO)C(C)NC(CN)c1ccc(F)cc1F. The van der Waals surface area contributed by atoms with Gasteiger partial charge < -0.3 is 16.2 Å². The fourth-order valence-electron chi connectivity index (χ4n) is 1.71. The Balaban J connectivity index is 2.83. The summed E-state index contributed by atoms with van der Waals surface area (Å²) in [6.07, 6.45) is 0. The number of halogens is 2. The summed E-state index contributed by atoms with van der Waals surface area (Å²) >= 11 is 0. The van der Waals surface area contributed by atoms with Crippen molar-refractivity contribution in [3.8, 4) is 0 Å². The van der Waals surface area contributed by atoms with Gasteiger partial charge in [0.05, 0.1) is 0 Å². The number of benzene rings is 1. The summed E-state index contributed by atoms with van der Waals surface area (Å²) in [5.41, 5.74) is 5.96. The van der Waals surface area contributed by atoms with Gasteiger partial charge in [0.15, 0.2) is 0 Å². The van der Waals surface area contributed by atoms with E-state index in [4.69, 9.17) is 10.8 Å². The molecule has 1 aromatic carbocycles. The molecule has 0 aliphatic heterocycles. The van der Waals surface area contributed by atoms with E-state index in [1.54, 1.807) is 0 Å². The smallest absolute Gasteiger partial charge is 0.130 e. The highest BCUT2D eigenvalue weighted by atomic mass is 19.1. The molecule has 0 spiro atoms. The molecule has 0 aromatic heterocycles. The zero-order chi connectivity index (χ0) is 13.7. The van der Waals surface area contributed by atoms with Gasteiger partial charge >= 0.3 is 0 Å². The molecule has 0 bridgehead atoms. The van der Waals surface area contributed by atoms with E-state index in [1.807, 2.05) is 13.8 Å². The second-order valence-corrected chi connectivity index (χ2v) is 4.57. The predicted octanol–water partition coefficient (Wildman–Crippen LogP) is 1.57. The molecular weight excluding hydrogens is 238 g/mol. The summed E-state index contributed by atoms with van der Waals surface area (Å²) in [4.78, 5) is 0. The maximum atomic E-state index is 13.6. The molecule has 0 heterocycles. The van der Waals surface area contributed by atoms with Gasteiger partial charge in [-0.1, -0.05) is 13.0 Å². The number of aliphatic hydroxyl groups excluding tert-OH is 1. The topological polar surface area (TPSA) is 58.3 Å². The number of hydrogen-bond acceptors (Lipinski definition) is 3. The summed E-state index contributed by atoms with van der Waals surface area (Å²) in [6, 6.07) is 3.04. The van der Waals surface area contributed by atoms with Crippen molar-refractivity contribution in [2.24, 2.45) is 11.7 Å². The Morgan fingerprint density at radius 3 is 2.50 bits per heavy atom. The summed E-state index contributed by atoms with van der Waals surface area (Å²) in [6.45, 7) is 4.01. The molecule has 0 amide bonds. The van der Waals surface area contributed by atoms with Gasteiger partial charge in [-0.05, 0) is 18.9 Å². The van der Waals surface area contributed by atoms with Crippen LogP contribution in [0.25, 0.3) is 0 Å². The van der Waals surface area contributed by atoms with Crippen molar-refractivity contribution >= 4 is 0 Å². The number of nitrogens with two attached hydrogens (primary N) is 1. The molecule has 3 atom stereocenters. The Kier molecular flexibility index (Phi) is 5.65. The molecule has 102 valence electrons. The van der Waals surface area contributed by atoms with Crippen LogP contribution in [0.1, 0.15) is 25.5 Å². The van der Waals surface area contributed by atoms with Crippen molar-refractivity contribution in [3.05, 3.63) is 35.4 Å². The average Bonchev–Trinajstić information content (AvgIpc) is 2.35. The van der Waals surface area contributed by atoms with Crippen LogP contribution in [-0.4, -0.2) is 24.3 Å². The van der Waals surface area contributed by atoms with Gasteiger partial charge in [-0.2, -0.15) is 0 Å². The Hall–Kier alpha value is -1.04. The minimum Gasteiger partial charge on any atom is -0.396 e. The number of rotatable bonds is 6. The van der Waals surface area contributed by atoms with Crippen molar-refractivity contribution in [3.63, 3.8) is 0 Å². The highest BCUT2D eigenvalue weighted by Gasteiger charge is 2.19. The first-order valence-electron chi connectivity index (χ1n) is 6.01. The zero-order valence-corrected chi connectivity index (χ0v) is 10.7. The van der Waals surface area contributed by atoms with Crippen LogP contribution in [0.5, 0.6) is 0 Å². The largest absolute Gasteiger partial charge is 0.396 e. The maximum absolute atomic E-state index is 13.6. The van der Waals surface area contributed by atoms with Gasteiger partial charge in [-0.15, -0.1) is 0 Å². The number of hydrogen-bond donors (Lipinski definition) is 3. The average molecular weight is 258 g/mol. The summed E-state index contributed by atoms with van der Waals surface area (Å²) < 4.78 is 26.5. The third kappa shape index (κ3) is 3.73. The molecule has 0 radical (unpaired) electrons. The van der Waals surface area contributed by atoms with E-state index in [-0.39, 0.29) is 25.1 Å². The molecule has 1 rings (SSSR count). The van der Waals surface area contributed by atoms with E-state index >= 15 is 0 Å². The quantitative estimate of drug-likeness (QED) is 0.726. The van der Waals surface area contributed by atoms with Crippen molar-refractivity contribution < 1.29 is 13.9 Å². The molecule has 3 unspecified atom stereocenters. The molecular formula is C13H20F2N2O. The minimum atomic E-state index is -0.609. The number of nitrogens with one attached hydrogen (secondary N) is 1. The second-order valence-electron chi connectivity index (χ2n) is 4.57. The standard InChI is InChI=1S/C13H20F2N2O/c1-8(7-18)9(2)17-13(6-16)11-4-3-10(14)5-12(11)15/h3-5,8-9,13,17-18H,6-7,16H2,1-2H3. The zero-order valence-electron chi connectivity index (χ0n) is 10.7. The molecule has 0 saturated heterocycles. The van der Waals surface area contributed by atoms with Crippen LogP contribution in [0.4, 0.5) is 8.78 Å². The Bertz CT molecular complexity index is 387. The second kappa shape index (κ2) is 6.78. The lowest BCUT2D eigenvalue weighted by Crippen LogP contribution is -2.40. The van der Waals surface area contributed by atoms with E-state index in [0.717, 1.165) is 6.07 Å². The van der Waals surface area contributed by atoms with Crippen LogP contribution in [0.2, 0.25) is 0 Å². The van der Waals surface area contributed by atoms with Crippen LogP contribution in [0.15, 0.2) is 18.2 Å². The summed E-state index contributed by atoms with van der Waals surface area (Å²) in [5, 5.41) is 12.2. The molecule has 5 heteroatoms. The highest BCUT2D eigenvalue weighted by molar-refractivity contribution is 5.22. The van der Waals surface area contributed by atoms with Gasteiger partial charge in [0.1, 0.15) is 11.6 Å². The lowest BCUT2D eigenvalue weighted by atomic mass is 10.0. The fraction of sp³-hybridized carbons (Fsp3) is 0.538. The van der Waals surface area contributed by atoms with Crippen LogP contribution >= 0.6 is 0 Å². The van der Waals surface area contributed by atoms with Gasteiger partial charge in [-0.3, -0.25) is 0 Å². The monoisotopic (exact) mass is 258 g/mol. The predicted molar refractivity (Wildman–Crippen MR) is 67.0 cm³/mol. The molecule has 1 aromatic rings. The maximum Gasteiger partial charge on any atom is 0.130 e. The van der Waals surface area contributed by atoms with Gasteiger partial charge in [-0.25, -0.2) is 8.78 Å². The van der Waals surface area contributed by atoms with Crippen molar-refractivity contribution in [2.75, 3.05) is 13.2 Å². The van der Waals surface area contributed by atoms with E-state index in [9.17, 15) is 8.78 Å². The van der Waals surface area contributed by atoms with E-state index in [2.05, 4.69) is 5.32 Å². The summed E-state index contributed by atoms with van der Waals surface area (Å²) in [5.74, 6) is -1.19. The van der Waals surface area contributed by atoms with Crippen molar-refractivity contribution in [2.45, 2.75) is 25.9 Å². The van der Waals surface area contributed by atoms with Crippen LogP contribution in [-0.2, 0) is 0 Å². The van der Waals surface area contributed by atoms with Crippen LogP contribution in [0.3, 0.4) is 0 Å². The first-order chi connectivity index (χ1) is 8.49. The highest BCUT2D eigenvalue weighted by Crippen LogP contribution is 2.19. The van der Waals surface area contributed by atoms with Crippen molar-refractivity contribution in [1.82, 2.24) is 5.32 Å². The van der Waals surface area contributed by atoms with E-state index in [0.29, 0.717) is 5.56 Å². The normalized spacial score (nSPS) is 16.3. The van der Waals surface area contributed by atoms with Crippen LogP contribution < -0.4 is 11.1 Å². The Labute approximate surface area is 106 Å². The summed E-state index contributed by atoms with van der Waals surface area (Å²) in [7, 11) is 0. The van der Waals surface area contributed by atoms with E-state index < -0.39 is 17.7 Å². The number of aliphatic hydroxyl groups is 1. The lowest BCUT2D eigenvalue weighted by Gasteiger charge is -2.26. The van der Waals surface area contributed by atoms with Gasteiger partial charge in [0.2, 0.25) is 0 Å². The third-order valence-corrected chi connectivity index (χ3v) is 3.18. The molecule has 0 aliphatic rings. The van der Waals surface area contributed by atoms with E-state index in [1.165, 1.54) is 12.1 Å². The molecule has 4 N–H and O–H groups in total. The van der Waals surface area contributed by atoms with Crippen molar-refractivity contribution in [1.29, 1.82) is 0 Å². The Morgan fingerprint density at radius 1 is 1.33 bits per heavy atom. The molecule has 18 heavy (non-hydrogen) atoms. The van der Waals surface area contributed by atoms with Gasteiger partial charge in [0.25, 0.3) is 0 Å². The van der Waals surface area contributed by atoms with Crippen LogP contribution in [0, 0.1) is 17.6 Å². The molecule has 0 aliphatic carbocycles. The lowest BCUT2D eigenvalue weighted by molar-refractivity contribution is 0.201. The first-order valence-corrected chi connectivity index (χ1v) is 6.01. The third-order valence-electron chi connectivity index (χ3n) is 3.18. The van der Waals surface area contributed by atoms with Gasteiger partial charge in [0, 0.05) is 36.9 Å². The minimum absolute atomic E-state index is 0.0204. The Morgan fingerprint density at radius 2 is 2.00 bits per heavy atom.